The van der Waals surface area contributed by atoms with Crippen LogP contribution in [-0.4, -0.2) is 23.7 Å². The van der Waals surface area contributed by atoms with Crippen LogP contribution in [0, 0.1) is 16.7 Å². The fourth-order valence-corrected chi connectivity index (χ4v) is 2.88. The highest BCUT2D eigenvalue weighted by atomic mass is 16.3. The van der Waals surface area contributed by atoms with Crippen LogP contribution in [0.15, 0.2) is 30.3 Å². The molecule has 1 unspecified atom stereocenters. The Bertz CT molecular complexity index is 501. The summed E-state index contributed by atoms with van der Waals surface area (Å²) in [5, 5.41) is 22.1. The zero-order valence-electron chi connectivity index (χ0n) is 12.2. The number of nitrogens with one attached hydrogen (secondary N) is 1. The normalized spacial score (nSPS) is 18.5. The number of hydrogen-bond acceptors (Lipinski definition) is 3. The van der Waals surface area contributed by atoms with Gasteiger partial charge in [0.05, 0.1) is 12.2 Å². The Hall–Kier alpha value is -1.86. The van der Waals surface area contributed by atoms with E-state index in [1.165, 1.54) is 0 Å². The summed E-state index contributed by atoms with van der Waals surface area (Å²) in [6.07, 6.45) is 4.07. The van der Waals surface area contributed by atoms with Gasteiger partial charge in [-0.05, 0) is 18.4 Å². The van der Waals surface area contributed by atoms with E-state index in [-0.39, 0.29) is 12.5 Å². The van der Waals surface area contributed by atoms with Crippen molar-refractivity contribution in [2.24, 2.45) is 5.41 Å². The zero-order valence-corrected chi connectivity index (χ0v) is 12.2. The van der Waals surface area contributed by atoms with E-state index in [1.54, 1.807) is 0 Å². The molecule has 2 N–H and O–H groups in total. The first-order valence-electron chi connectivity index (χ1n) is 7.58. The van der Waals surface area contributed by atoms with E-state index in [2.05, 4.69) is 11.4 Å². The first kappa shape index (κ1) is 15.5. The van der Waals surface area contributed by atoms with Crippen LogP contribution in [0.1, 0.15) is 37.7 Å². The third-order valence-corrected chi connectivity index (χ3v) is 4.17. The van der Waals surface area contributed by atoms with Crippen LogP contribution in [0.4, 0.5) is 0 Å². The lowest BCUT2D eigenvalue weighted by molar-refractivity contribution is -0.130. The molecule has 1 atom stereocenters. The van der Waals surface area contributed by atoms with Crippen molar-refractivity contribution in [1.82, 2.24) is 5.32 Å². The summed E-state index contributed by atoms with van der Waals surface area (Å²) >= 11 is 0. The molecule has 0 bridgehead atoms. The molecule has 0 heterocycles. The number of nitriles is 1. The smallest absolute Gasteiger partial charge is 0.240 e. The van der Waals surface area contributed by atoms with E-state index in [0.29, 0.717) is 19.3 Å². The van der Waals surface area contributed by atoms with Gasteiger partial charge in [-0.2, -0.15) is 5.26 Å². The summed E-state index contributed by atoms with van der Waals surface area (Å²) in [5.74, 6) is -0.225. The molecule has 21 heavy (non-hydrogen) atoms. The summed E-state index contributed by atoms with van der Waals surface area (Å²) in [6.45, 7) is 0.192. The van der Waals surface area contributed by atoms with E-state index in [0.717, 1.165) is 24.8 Å². The van der Waals surface area contributed by atoms with Crippen molar-refractivity contribution < 1.29 is 9.90 Å². The third kappa shape index (κ3) is 4.05. The predicted molar refractivity (Wildman–Crippen MR) is 80.3 cm³/mol. The first-order valence-corrected chi connectivity index (χ1v) is 7.58. The second kappa shape index (κ2) is 7.24. The Kier molecular flexibility index (Phi) is 5.35. The highest BCUT2D eigenvalue weighted by molar-refractivity contribution is 5.85. The van der Waals surface area contributed by atoms with Crippen LogP contribution in [0.5, 0.6) is 0 Å². The van der Waals surface area contributed by atoms with Crippen molar-refractivity contribution in [3.63, 3.8) is 0 Å². The molecule has 1 aromatic rings. The van der Waals surface area contributed by atoms with Crippen LogP contribution in [0.25, 0.3) is 0 Å². The van der Waals surface area contributed by atoms with Crippen molar-refractivity contribution in [3.8, 4) is 6.07 Å². The van der Waals surface area contributed by atoms with Crippen molar-refractivity contribution in [2.45, 2.75) is 44.6 Å². The van der Waals surface area contributed by atoms with Gasteiger partial charge in [0.2, 0.25) is 5.91 Å². The van der Waals surface area contributed by atoms with Gasteiger partial charge >= 0.3 is 0 Å². The standard InChI is InChI=1S/C17H22N2O2/c18-13-17(9-5-2-6-10-17)16(21)19-12-15(20)11-14-7-3-1-4-8-14/h1,3-4,7-8,15,20H,2,5-6,9-12H2,(H,19,21). The molecule has 0 saturated heterocycles. The van der Waals surface area contributed by atoms with Gasteiger partial charge in [-0.1, -0.05) is 49.6 Å². The number of rotatable bonds is 5. The molecule has 1 fully saturated rings. The maximum Gasteiger partial charge on any atom is 0.240 e. The Labute approximate surface area is 125 Å². The largest absolute Gasteiger partial charge is 0.391 e. The van der Waals surface area contributed by atoms with E-state index < -0.39 is 11.5 Å². The van der Waals surface area contributed by atoms with Gasteiger partial charge < -0.3 is 10.4 Å². The molecule has 0 aliphatic heterocycles. The quantitative estimate of drug-likeness (QED) is 0.871. The summed E-state index contributed by atoms with van der Waals surface area (Å²) in [5.41, 5.74) is 0.150. The fourth-order valence-electron chi connectivity index (χ4n) is 2.88. The predicted octanol–water partition coefficient (Wildman–Crippen LogP) is 2.18. The van der Waals surface area contributed by atoms with Gasteiger partial charge in [-0.3, -0.25) is 4.79 Å². The Morgan fingerprint density at radius 3 is 2.57 bits per heavy atom. The lowest BCUT2D eigenvalue weighted by atomic mass is 9.74. The van der Waals surface area contributed by atoms with Crippen LogP contribution >= 0.6 is 0 Å². The molecule has 1 aliphatic rings. The molecule has 2 rings (SSSR count). The minimum absolute atomic E-state index is 0.192. The Balaban J connectivity index is 1.84. The van der Waals surface area contributed by atoms with Gasteiger partial charge in [0, 0.05) is 13.0 Å². The topological polar surface area (TPSA) is 73.1 Å². The minimum Gasteiger partial charge on any atom is -0.391 e. The monoisotopic (exact) mass is 286 g/mol. The average molecular weight is 286 g/mol. The molecule has 0 radical (unpaired) electrons. The molecule has 1 aromatic carbocycles. The van der Waals surface area contributed by atoms with Crippen LogP contribution in [0.2, 0.25) is 0 Å². The highest BCUT2D eigenvalue weighted by Crippen LogP contribution is 2.35. The summed E-state index contributed by atoms with van der Waals surface area (Å²) in [7, 11) is 0. The Morgan fingerprint density at radius 2 is 1.95 bits per heavy atom. The third-order valence-electron chi connectivity index (χ3n) is 4.17. The molecule has 1 saturated carbocycles. The summed E-state index contributed by atoms with van der Waals surface area (Å²) in [4.78, 5) is 12.3. The molecular weight excluding hydrogens is 264 g/mol. The van der Waals surface area contributed by atoms with Crippen molar-refractivity contribution >= 4 is 5.91 Å². The second-order valence-corrected chi connectivity index (χ2v) is 5.81. The maximum atomic E-state index is 12.3. The molecule has 112 valence electrons. The van der Waals surface area contributed by atoms with Gasteiger partial charge in [-0.15, -0.1) is 0 Å². The van der Waals surface area contributed by atoms with Gasteiger partial charge in [0.15, 0.2) is 0 Å². The van der Waals surface area contributed by atoms with Crippen molar-refractivity contribution in [1.29, 1.82) is 5.26 Å². The fraction of sp³-hybridized carbons (Fsp3) is 0.529. The number of carbonyl (C=O) groups excluding carboxylic acids is 1. The molecule has 0 aromatic heterocycles. The lowest BCUT2D eigenvalue weighted by Crippen LogP contribution is -2.44. The number of hydrogen-bond donors (Lipinski definition) is 2. The first-order chi connectivity index (χ1) is 10.2. The van der Waals surface area contributed by atoms with Crippen LogP contribution < -0.4 is 5.32 Å². The molecule has 0 spiro atoms. The van der Waals surface area contributed by atoms with Crippen molar-refractivity contribution in [2.75, 3.05) is 6.54 Å². The van der Waals surface area contributed by atoms with Crippen LogP contribution in [0.3, 0.4) is 0 Å². The SMILES string of the molecule is N#CC1(C(=O)NCC(O)Cc2ccccc2)CCCCC1. The number of nitrogens with zero attached hydrogens (tertiary/aromatic N) is 1. The zero-order chi connectivity index (χ0) is 15.1. The Morgan fingerprint density at radius 1 is 1.29 bits per heavy atom. The number of carbonyl (C=O) groups is 1. The maximum absolute atomic E-state index is 12.3. The minimum atomic E-state index is -0.884. The highest BCUT2D eigenvalue weighted by Gasteiger charge is 2.39. The van der Waals surface area contributed by atoms with E-state index in [1.807, 2.05) is 30.3 Å². The van der Waals surface area contributed by atoms with E-state index in [9.17, 15) is 15.2 Å². The summed E-state index contributed by atoms with van der Waals surface area (Å²) in [6, 6.07) is 11.9. The van der Waals surface area contributed by atoms with Gasteiger partial charge in [0.25, 0.3) is 0 Å². The molecule has 1 amide bonds. The molecule has 4 nitrogen and oxygen atoms in total. The average Bonchev–Trinajstić information content (AvgIpc) is 2.54. The van der Waals surface area contributed by atoms with E-state index >= 15 is 0 Å². The number of amides is 1. The lowest BCUT2D eigenvalue weighted by Gasteiger charge is -2.29. The number of aliphatic hydroxyl groups is 1. The van der Waals surface area contributed by atoms with Crippen molar-refractivity contribution in [3.05, 3.63) is 35.9 Å². The van der Waals surface area contributed by atoms with E-state index in [4.69, 9.17) is 0 Å². The summed E-state index contributed by atoms with van der Waals surface area (Å²) < 4.78 is 0. The number of aliphatic hydroxyl groups excluding tert-OH is 1. The molecule has 4 heteroatoms. The van der Waals surface area contributed by atoms with Crippen LogP contribution in [-0.2, 0) is 11.2 Å². The van der Waals surface area contributed by atoms with Gasteiger partial charge in [0.1, 0.15) is 5.41 Å². The molecule has 1 aliphatic carbocycles. The second-order valence-electron chi connectivity index (χ2n) is 5.81. The number of benzene rings is 1. The van der Waals surface area contributed by atoms with Gasteiger partial charge in [-0.25, -0.2) is 0 Å². The molecular formula is C17H22N2O2.